The van der Waals surface area contributed by atoms with Gasteiger partial charge in [0.05, 0.1) is 0 Å². The lowest BCUT2D eigenvalue weighted by Crippen LogP contribution is -2.35. The maximum Gasteiger partial charge on any atom is 0.330 e. The Bertz CT molecular complexity index is 769. The molecule has 0 amide bonds. The zero-order chi connectivity index (χ0) is 21.6. The van der Waals surface area contributed by atoms with E-state index in [1.165, 1.54) is 51.4 Å². The average molecular weight is 415 g/mol. The molecular weight excluding hydrogens is 376 g/mol. The van der Waals surface area contributed by atoms with Crippen LogP contribution in [0.1, 0.15) is 89.5 Å². The van der Waals surface area contributed by atoms with Crippen molar-refractivity contribution in [2.75, 3.05) is 0 Å². The van der Waals surface area contributed by atoms with E-state index < -0.39 is 18.0 Å². The number of H-pyrrole nitrogens is 1. The third-order valence-electron chi connectivity index (χ3n) is 5.62. The first-order valence-corrected chi connectivity index (χ1v) is 11.7. The highest BCUT2D eigenvalue weighted by atomic mass is 16.6. The van der Waals surface area contributed by atoms with E-state index in [1.54, 1.807) is 0 Å². The van der Waals surface area contributed by atoms with Crippen LogP contribution in [0.2, 0.25) is 0 Å². The monoisotopic (exact) mass is 414 g/mol. The summed E-state index contributed by atoms with van der Waals surface area (Å²) in [6.07, 6.45) is 15.9. The number of carbonyl (C=O) groups excluding carboxylic acids is 2. The number of rotatable bonds is 15. The predicted molar refractivity (Wildman–Crippen MR) is 122 cm³/mol. The van der Waals surface area contributed by atoms with Crippen LogP contribution < -0.4 is 5.73 Å². The average Bonchev–Trinajstić information content (AvgIpc) is 3.15. The van der Waals surface area contributed by atoms with Crippen molar-refractivity contribution in [3.8, 4) is 0 Å². The number of aromatic nitrogens is 1. The molecule has 166 valence electrons. The maximum absolute atomic E-state index is 12.1. The molecule has 0 bridgehead atoms. The molecule has 1 heterocycles. The SMILES string of the molecule is CCCCCCCCCCCCCC(=O)OC(=O)[C@@H](N)Cc1c[nH]c2ccccc12. The molecule has 1 atom stereocenters. The number of fused-ring (bicyclic) bond motifs is 1. The van der Waals surface area contributed by atoms with Crippen molar-refractivity contribution >= 4 is 22.8 Å². The molecule has 0 spiro atoms. The minimum absolute atomic E-state index is 0.280. The summed E-state index contributed by atoms with van der Waals surface area (Å²) in [5.74, 6) is -1.11. The van der Waals surface area contributed by atoms with E-state index in [1.807, 2.05) is 30.5 Å². The van der Waals surface area contributed by atoms with Gasteiger partial charge in [-0.05, 0) is 18.1 Å². The molecule has 0 saturated carbocycles. The van der Waals surface area contributed by atoms with Crippen molar-refractivity contribution in [1.82, 2.24) is 4.98 Å². The highest BCUT2D eigenvalue weighted by molar-refractivity contribution is 5.89. The maximum atomic E-state index is 12.1. The number of esters is 2. The van der Waals surface area contributed by atoms with E-state index in [0.29, 0.717) is 6.42 Å². The van der Waals surface area contributed by atoms with Crippen LogP contribution >= 0.6 is 0 Å². The van der Waals surface area contributed by atoms with Gasteiger partial charge in [0.15, 0.2) is 0 Å². The molecule has 5 heteroatoms. The van der Waals surface area contributed by atoms with Gasteiger partial charge >= 0.3 is 11.9 Å². The van der Waals surface area contributed by atoms with Gasteiger partial charge in [-0.15, -0.1) is 0 Å². The molecule has 0 aliphatic heterocycles. The minimum Gasteiger partial charge on any atom is -0.392 e. The van der Waals surface area contributed by atoms with Crippen LogP contribution in [0, 0.1) is 0 Å². The quantitative estimate of drug-likeness (QED) is 0.219. The van der Waals surface area contributed by atoms with E-state index in [4.69, 9.17) is 10.5 Å². The first-order valence-electron chi connectivity index (χ1n) is 11.7. The van der Waals surface area contributed by atoms with Crippen LogP contribution in [0.3, 0.4) is 0 Å². The van der Waals surface area contributed by atoms with Gasteiger partial charge in [-0.2, -0.15) is 0 Å². The van der Waals surface area contributed by atoms with Crippen LogP contribution in [0.4, 0.5) is 0 Å². The number of hydrogen-bond donors (Lipinski definition) is 2. The van der Waals surface area contributed by atoms with E-state index in [2.05, 4.69) is 11.9 Å². The van der Waals surface area contributed by atoms with Crippen molar-refractivity contribution in [3.63, 3.8) is 0 Å². The molecule has 0 saturated heterocycles. The molecule has 30 heavy (non-hydrogen) atoms. The van der Waals surface area contributed by atoms with Crippen molar-refractivity contribution in [2.24, 2.45) is 5.73 Å². The Balaban J connectivity index is 1.53. The summed E-state index contributed by atoms with van der Waals surface area (Å²) in [6.45, 7) is 2.24. The van der Waals surface area contributed by atoms with Crippen molar-refractivity contribution < 1.29 is 14.3 Å². The van der Waals surface area contributed by atoms with Crippen LogP contribution in [0.5, 0.6) is 0 Å². The number of aromatic amines is 1. The van der Waals surface area contributed by atoms with Crippen molar-refractivity contribution in [2.45, 2.75) is 96.4 Å². The van der Waals surface area contributed by atoms with Gasteiger partial charge in [-0.1, -0.05) is 89.3 Å². The summed E-state index contributed by atoms with van der Waals surface area (Å²) >= 11 is 0. The third kappa shape index (κ3) is 8.70. The number of hydrogen-bond acceptors (Lipinski definition) is 4. The summed E-state index contributed by atoms with van der Waals surface area (Å²) in [6, 6.07) is 7.01. The van der Waals surface area contributed by atoms with Gasteiger partial charge in [0.2, 0.25) is 0 Å². The standard InChI is InChI=1S/C25H38N2O3/c1-2-3-4-5-6-7-8-9-10-11-12-17-24(28)30-25(29)22(26)18-20-19-27-23-16-14-13-15-21(20)23/h13-16,19,22,27H,2-12,17-18,26H2,1H3/t22-/m0/s1. The Labute approximate surface area is 180 Å². The number of nitrogens with one attached hydrogen (secondary N) is 1. The highest BCUT2D eigenvalue weighted by Crippen LogP contribution is 2.19. The van der Waals surface area contributed by atoms with Crippen LogP contribution in [-0.2, 0) is 20.7 Å². The minimum atomic E-state index is -0.842. The lowest BCUT2D eigenvalue weighted by atomic mass is 10.1. The molecule has 0 aliphatic carbocycles. The van der Waals surface area contributed by atoms with Gasteiger partial charge < -0.3 is 15.5 Å². The highest BCUT2D eigenvalue weighted by Gasteiger charge is 2.20. The molecular formula is C25H38N2O3. The fourth-order valence-electron chi connectivity index (χ4n) is 3.79. The molecule has 0 radical (unpaired) electrons. The molecule has 3 N–H and O–H groups in total. The van der Waals surface area contributed by atoms with Gasteiger partial charge in [0, 0.05) is 29.9 Å². The largest absolute Gasteiger partial charge is 0.392 e. The summed E-state index contributed by atoms with van der Waals surface area (Å²) in [7, 11) is 0. The summed E-state index contributed by atoms with van der Waals surface area (Å²) in [5.41, 5.74) is 7.92. The first-order chi connectivity index (χ1) is 14.6. The summed E-state index contributed by atoms with van der Waals surface area (Å²) in [5, 5.41) is 1.04. The molecule has 1 aromatic heterocycles. The Kier molecular flexibility index (Phi) is 11.2. The molecule has 1 aromatic carbocycles. The second-order valence-corrected chi connectivity index (χ2v) is 8.25. The number of nitrogens with two attached hydrogens (primary N) is 1. The molecule has 0 unspecified atom stereocenters. The van der Waals surface area contributed by atoms with Crippen molar-refractivity contribution in [1.29, 1.82) is 0 Å². The smallest absolute Gasteiger partial charge is 0.330 e. The van der Waals surface area contributed by atoms with Crippen LogP contribution in [0.25, 0.3) is 10.9 Å². The second-order valence-electron chi connectivity index (χ2n) is 8.25. The Hall–Kier alpha value is -2.14. The number of para-hydroxylation sites is 1. The summed E-state index contributed by atoms with van der Waals surface area (Å²) in [4.78, 5) is 27.2. The van der Waals surface area contributed by atoms with Crippen LogP contribution in [0.15, 0.2) is 30.5 Å². The lowest BCUT2D eigenvalue weighted by Gasteiger charge is -2.10. The Morgan fingerprint density at radius 2 is 1.53 bits per heavy atom. The van der Waals surface area contributed by atoms with Gasteiger partial charge in [0.25, 0.3) is 0 Å². The Morgan fingerprint density at radius 1 is 0.933 bits per heavy atom. The van der Waals surface area contributed by atoms with E-state index >= 15 is 0 Å². The zero-order valence-corrected chi connectivity index (χ0v) is 18.5. The van der Waals surface area contributed by atoms with Crippen LogP contribution in [-0.4, -0.2) is 23.0 Å². The summed E-state index contributed by atoms with van der Waals surface area (Å²) < 4.78 is 4.95. The fourth-order valence-corrected chi connectivity index (χ4v) is 3.79. The van der Waals surface area contributed by atoms with Gasteiger partial charge in [-0.25, -0.2) is 4.79 Å². The molecule has 2 aromatic rings. The number of carbonyl (C=O) groups is 2. The topological polar surface area (TPSA) is 85.2 Å². The zero-order valence-electron chi connectivity index (χ0n) is 18.5. The van der Waals surface area contributed by atoms with E-state index in [0.717, 1.165) is 35.7 Å². The number of ether oxygens (including phenoxy) is 1. The fraction of sp³-hybridized carbons (Fsp3) is 0.600. The first kappa shape index (κ1) is 24.1. The van der Waals surface area contributed by atoms with Crippen molar-refractivity contribution in [3.05, 3.63) is 36.0 Å². The molecule has 2 rings (SSSR count). The third-order valence-corrected chi connectivity index (χ3v) is 5.62. The predicted octanol–water partition coefficient (Wildman–Crippen LogP) is 5.81. The molecule has 0 aliphatic rings. The van der Waals surface area contributed by atoms with E-state index in [-0.39, 0.29) is 6.42 Å². The Morgan fingerprint density at radius 3 is 2.20 bits per heavy atom. The molecule has 5 nitrogen and oxygen atoms in total. The lowest BCUT2D eigenvalue weighted by molar-refractivity contribution is -0.160. The molecule has 0 fully saturated rings. The van der Waals surface area contributed by atoms with E-state index in [9.17, 15) is 9.59 Å². The normalized spacial score (nSPS) is 12.2. The number of unbranched alkanes of at least 4 members (excludes halogenated alkanes) is 10. The van der Waals surface area contributed by atoms with Gasteiger partial charge in [-0.3, -0.25) is 4.79 Å². The second kappa shape index (κ2) is 14.0. The van der Waals surface area contributed by atoms with Gasteiger partial charge in [0.1, 0.15) is 6.04 Å². The number of benzene rings is 1.